The van der Waals surface area contributed by atoms with Crippen LogP contribution in [0.3, 0.4) is 0 Å². The molecule has 0 bridgehead atoms. The van der Waals surface area contributed by atoms with E-state index in [-0.39, 0.29) is 10.6 Å². The van der Waals surface area contributed by atoms with Gasteiger partial charge in [0.05, 0.1) is 17.2 Å². The molecule has 7 heteroatoms. The van der Waals surface area contributed by atoms with Crippen molar-refractivity contribution in [3.8, 4) is 0 Å². The lowest BCUT2D eigenvalue weighted by Crippen LogP contribution is -2.17. The molecule has 0 atom stereocenters. The molecule has 0 aliphatic heterocycles. The molecule has 1 aromatic carbocycles. The Kier molecular flexibility index (Phi) is 6.35. The van der Waals surface area contributed by atoms with Crippen LogP contribution in [-0.4, -0.2) is 33.9 Å². The third kappa shape index (κ3) is 4.72. The third-order valence-corrected chi connectivity index (χ3v) is 3.88. The summed E-state index contributed by atoms with van der Waals surface area (Å²) in [6.07, 6.45) is 0. The molecule has 114 valence electrons. The molecule has 0 radical (unpaired) electrons. The van der Waals surface area contributed by atoms with Crippen molar-refractivity contribution < 1.29 is 21.9 Å². The van der Waals surface area contributed by atoms with E-state index < -0.39 is 15.6 Å². The maximum absolute atomic E-state index is 12.6. The largest absolute Gasteiger partial charge is 0.382 e. The standard InChI is InChI=1S/C13H19F2NO3S/c1-10(2)9-19-8-7-16-11-5-3-4-6-12(11)20(17,18)13(14)15/h3-6,10,13,16H,7-9H2,1-2H3. The highest BCUT2D eigenvalue weighted by Gasteiger charge is 2.28. The number of para-hydroxylation sites is 1. The summed E-state index contributed by atoms with van der Waals surface area (Å²) in [6.45, 7) is 5.35. The average Bonchev–Trinajstić information content (AvgIpc) is 2.38. The second kappa shape index (κ2) is 7.54. The molecule has 0 fully saturated rings. The number of nitrogens with one attached hydrogen (secondary N) is 1. The van der Waals surface area contributed by atoms with Gasteiger partial charge in [-0.05, 0) is 18.1 Å². The van der Waals surface area contributed by atoms with Gasteiger partial charge < -0.3 is 10.1 Å². The van der Waals surface area contributed by atoms with Gasteiger partial charge in [-0.3, -0.25) is 0 Å². The van der Waals surface area contributed by atoms with E-state index in [0.717, 1.165) is 0 Å². The van der Waals surface area contributed by atoms with Gasteiger partial charge in [0.2, 0.25) is 9.84 Å². The molecule has 0 saturated heterocycles. The Morgan fingerprint density at radius 1 is 1.25 bits per heavy atom. The minimum Gasteiger partial charge on any atom is -0.382 e. The summed E-state index contributed by atoms with van der Waals surface area (Å²) in [6, 6.07) is 5.62. The van der Waals surface area contributed by atoms with Crippen LogP contribution in [0.2, 0.25) is 0 Å². The highest BCUT2D eigenvalue weighted by atomic mass is 32.2. The number of rotatable bonds is 8. The molecule has 0 aromatic heterocycles. The first-order valence-electron chi connectivity index (χ1n) is 6.28. The Bertz CT molecular complexity index is 518. The minimum atomic E-state index is -4.60. The number of benzene rings is 1. The first-order chi connectivity index (χ1) is 9.35. The summed E-state index contributed by atoms with van der Waals surface area (Å²) in [7, 11) is -4.60. The van der Waals surface area contributed by atoms with Crippen molar-refractivity contribution in [2.45, 2.75) is 24.5 Å². The molecule has 0 aliphatic rings. The van der Waals surface area contributed by atoms with Crippen molar-refractivity contribution in [3.63, 3.8) is 0 Å². The highest BCUT2D eigenvalue weighted by Crippen LogP contribution is 2.25. The van der Waals surface area contributed by atoms with Crippen LogP contribution in [0.5, 0.6) is 0 Å². The van der Waals surface area contributed by atoms with E-state index in [4.69, 9.17) is 4.74 Å². The van der Waals surface area contributed by atoms with Crippen LogP contribution in [0.1, 0.15) is 13.8 Å². The average molecular weight is 307 g/mol. The number of halogens is 2. The van der Waals surface area contributed by atoms with E-state index in [1.54, 1.807) is 6.07 Å². The fraction of sp³-hybridized carbons (Fsp3) is 0.538. The normalized spacial score (nSPS) is 12.1. The van der Waals surface area contributed by atoms with Crippen molar-refractivity contribution in [2.24, 2.45) is 5.92 Å². The van der Waals surface area contributed by atoms with Crippen molar-refractivity contribution >= 4 is 15.5 Å². The molecule has 0 amide bonds. The van der Waals surface area contributed by atoms with Crippen LogP contribution in [0.4, 0.5) is 14.5 Å². The number of hydrogen-bond donors (Lipinski definition) is 1. The van der Waals surface area contributed by atoms with Gasteiger partial charge in [-0.25, -0.2) is 8.42 Å². The van der Waals surface area contributed by atoms with Gasteiger partial charge in [0.15, 0.2) is 0 Å². The monoisotopic (exact) mass is 307 g/mol. The van der Waals surface area contributed by atoms with E-state index in [0.29, 0.717) is 25.7 Å². The Hall–Kier alpha value is -1.21. The van der Waals surface area contributed by atoms with Gasteiger partial charge in [0.25, 0.3) is 0 Å². The lowest BCUT2D eigenvalue weighted by atomic mass is 10.2. The summed E-state index contributed by atoms with van der Waals surface area (Å²) < 4.78 is 53.5. The van der Waals surface area contributed by atoms with Crippen LogP contribution in [0.25, 0.3) is 0 Å². The van der Waals surface area contributed by atoms with Crippen LogP contribution < -0.4 is 5.32 Å². The predicted molar refractivity (Wildman–Crippen MR) is 73.8 cm³/mol. The van der Waals surface area contributed by atoms with E-state index >= 15 is 0 Å². The molecular formula is C13H19F2NO3S. The minimum absolute atomic E-state index is 0.168. The molecule has 0 unspecified atom stereocenters. The van der Waals surface area contributed by atoms with Crippen molar-refractivity contribution in [1.82, 2.24) is 0 Å². The van der Waals surface area contributed by atoms with Crippen LogP contribution in [-0.2, 0) is 14.6 Å². The van der Waals surface area contributed by atoms with E-state index in [1.165, 1.54) is 18.2 Å². The Labute approximate surface area is 118 Å². The number of ether oxygens (including phenoxy) is 1. The number of sulfone groups is 1. The van der Waals surface area contributed by atoms with Crippen molar-refractivity contribution in [3.05, 3.63) is 24.3 Å². The quantitative estimate of drug-likeness (QED) is 0.750. The molecule has 4 nitrogen and oxygen atoms in total. The number of alkyl halides is 2. The SMILES string of the molecule is CC(C)COCCNc1ccccc1S(=O)(=O)C(F)F. The molecular weight excluding hydrogens is 288 g/mol. The van der Waals surface area contributed by atoms with Crippen LogP contribution in [0.15, 0.2) is 29.2 Å². The molecule has 1 rings (SSSR count). The van der Waals surface area contributed by atoms with Gasteiger partial charge in [-0.2, -0.15) is 8.78 Å². The lowest BCUT2D eigenvalue weighted by Gasteiger charge is -2.12. The topological polar surface area (TPSA) is 55.4 Å². The summed E-state index contributed by atoms with van der Waals surface area (Å²) in [5, 5.41) is 2.81. The Morgan fingerprint density at radius 3 is 2.50 bits per heavy atom. The van der Waals surface area contributed by atoms with E-state index in [2.05, 4.69) is 5.32 Å². The zero-order valence-electron chi connectivity index (χ0n) is 11.5. The summed E-state index contributed by atoms with van der Waals surface area (Å²) in [5.74, 6) is -3.02. The smallest absolute Gasteiger partial charge is 0.341 e. The molecule has 0 spiro atoms. The second-order valence-corrected chi connectivity index (χ2v) is 6.58. The first-order valence-corrected chi connectivity index (χ1v) is 7.83. The predicted octanol–water partition coefficient (Wildman–Crippen LogP) is 2.77. The lowest BCUT2D eigenvalue weighted by molar-refractivity contribution is 0.118. The first kappa shape index (κ1) is 16.8. The second-order valence-electron chi connectivity index (χ2n) is 4.70. The zero-order chi connectivity index (χ0) is 15.2. The molecule has 0 aliphatic carbocycles. The van der Waals surface area contributed by atoms with Crippen LogP contribution in [0, 0.1) is 5.92 Å². The summed E-state index contributed by atoms with van der Waals surface area (Å²) >= 11 is 0. The molecule has 1 aromatic rings. The zero-order valence-corrected chi connectivity index (χ0v) is 12.3. The number of anilines is 1. The van der Waals surface area contributed by atoms with Crippen molar-refractivity contribution in [1.29, 1.82) is 0 Å². The maximum Gasteiger partial charge on any atom is 0.341 e. The van der Waals surface area contributed by atoms with Gasteiger partial charge in [-0.15, -0.1) is 0 Å². The van der Waals surface area contributed by atoms with Gasteiger partial charge >= 0.3 is 5.76 Å². The Balaban J connectivity index is 2.68. The third-order valence-electron chi connectivity index (χ3n) is 2.44. The number of hydrogen-bond acceptors (Lipinski definition) is 4. The molecule has 0 saturated carbocycles. The maximum atomic E-state index is 12.6. The fourth-order valence-corrected chi connectivity index (χ4v) is 2.44. The fourth-order valence-electron chi connectivity index (χ4n) is 1.53. The van der Waals surface area contributed by atoms with Gasteiger partial charge in [-0.1, -0.05) is 26.0 Å². The van der Waals surface area contributed by atoms with E-state index in [9.17, 15) is 17.2 Å². The molecule has 1 N–H and O–H groups in total. The summed E-state index contributed by atoms with van der Waals surface area (Å²) in [5.41, 5.74) is 0.168. The van der Waals surface area contributed by atoms with Gasteiger partial charge in [0, 0.05) is 13.2 Å². The van der Waals surface area contributed by atoms with Crippen LogP contribution >= 0.6 is 0 Å². The highest BCUT2D eigenvalue weighted by molar-refractivity contribution is 7.91. The molecule has 20 heavy (non-hydrogen) atoms. The van der Waals surface area contributed by atoms with Gasteiger partial charge in [0.1, 0.15) is 0 Å². The molecule has 0 heterocycles. The Morgan fingerprint density at radius 2 is 1.90 bits per heavy atom. The van der Waals surface area contributed by atoms with E-state index in [1.807, 2.05) is 13.8 Å². The summed E-state index contributed by atoms with van der Waals surface area (Å²) in [4.78, 5) is -0.390. The van der Waals surface area contributed by atoms with Crippen molar-refractivity contribution in [2.75, 3.05) is 25.1 Å².